The minimum absolute atomic E-state index is 0.0665. The van der Waals surface area contributed by atoms with E-state index in [1.54, 1.807) is 0 Å². The SMILES string of the molecule is CC(C)(C)P(CCOCCOCCc1ccccc1)C(C)(C)C. The van der Waals surface area contributed by atoms with Gasteiger partial charge in [-0.15, -0.1) is 0 Å². The van der Waals surface area contributed by atoms with Crippen molar-refractivity contribution in [1.29, 1.82) is 0 Å². The second kappa shape index (κ2) is 9.77. The van der Waals surface area contributed by atoms with Gasteiger partial charge in [0.05, 0.1) is 26.4 Å². The Morgan fingerprint density at radius 3 is 1.78 bits per heavy atom. The molecule has 0 fully saturated rings. The molecule has 0 unspecified atom stereocenters. The fraction of sp³-hybridized carbons (Fsp3) is 0.700. The van der Waals surface area contributed by atoms with Crippen LogP contribution >= 0.6 is 7.92 Å². The number of hydrogen-bond donors (Lipinski definition) is 0. The maximum absolute atomic E-state index is 5.80. The van der Waals surface area contributed by atoms with Crippen LogP contribution in [0.2, 0.25) is 0 Å². The summed E-state index contributed by atoms with van der Waals surface area (Å²) in [6, 6.07) is 10.5. The van der Waals surface area contributed by atoms with E-state index in [9.17, 15) is 0 Å². The van der Waals surface area contributed by atoms with Crippen molar-refractivity contribution >= 4 is 7.92 Å². The molecule has 1 aromatic carbocycles. The van der Waals surface area contributed by atoms with Crippen LogP contribution in [-0.2, 0) is 15.9 Å². The van der Waals surface area contributed by atoms with Gasteiger partial charge in [0, 0.05) is 0 Å². The molecule has 1 rings (SSSR count). The van der Waals surface area contributed by atoms with E-state index in [-0.39, 0.29) is 7.92 Å². The summed E-state index contributed by atoms with van der Waals surface area (Å²) in [5.74, 6) is 0. The Labute approximate surface area is 144 Å². The van der Waals surface area contributed by atoms with Crippen LogP contribution in [0.1, 0.15) is 47.1 Å². The van der Waals surface area contributed by atoms with Crippen molar-refractivity contribution in [2.24, 2.45) is 0 Å². The molecule has 0 atom stereocenters. The summed E-state index contributed by atoms with van der Waals surface area (Å²) in [6.07, 6.45) is 2.15. The lowest BCUT2D eigenvalue weighted by Gasteiger charge is -2.41. The van der Waals surface area contributed by atoms with E-state index < -0.39 is 0 Å². The molecule has 0 N–H and O–H groups in total. The standard InChI is InChI=1S/C20H35O2P/c1-19(2,3)23(20(4,5)6)17-16-22-15-14-21-13-12-18-10-8-7-9-11-18/h7-11H,12-17H2,1-6H3. The van der Waals surface area contributed by atoms with Gasteiger partial charge in [0.1, 0.15) is 0 Å². The van der Waals surface area contributed by atoms with Gasteiger partial charge in [0.25, 0.3) is 0 Å². The molecule has 0 radical (unpaired) electrons. The van der Waals surface area contributed by atoms with E-state index in [2.05, 4.69) is 65.8 Å². The average Bonchev–Trinajstić information content (AvgIpc) is 2.44. The molecular weight excluding hydrogens is 303 g/mol. The van der Waals surface area contributed by atoms with Gasteiger partial charge >= 0.3 is 0 Å². The quantitative estimate of drug-likeness (QED) is 0.447. The molecule has 0 aliphatic carbocycles. The van der Waals surface area contributed by atoms with Gasteiger partial charge in [-0.2, -0.15) is 0 Å². The van der Waals surface area contributed by atoms with E-state index in [4.69, 9.17) is 9.47 Å². The fourth-order valence-corrected chi connectivity index (χ4v) is 6.66. The van der Waals surface area contributed by atoms with Crippen molar-refractivity contribution in [1.82, 2.24) is 0 Å². The first-order chi connectivity index (χ1) is 10.7. The van der Waals surface area contributed by atoms with E-state index in [0.29, 0.717) is 23.5 Å². The maximum Gasteiger partial charge on any atom is 0.0700 e. The first-order valence-corrected chi connectivity index (χ1v) is 10.2. The van der Waals surface area contributed by atoms with Crippen LogP contribution in [0.5, 0.6) is 0 Å². The Bertz CT molecular complexity index is 404. The Kier molecular flexibility index (Phi) is 8.75. The molecule has 0 spiro atoms. The van der Waals surface area contributed by atoms with Crippen LogP contribution in [0.15, 0.2) is 30.3 Å². The summed E-state index contributed by atoms with van der Waals surface area (Å²) >= 11 is 0. The fourth-order valence-electron chi connectivity index (χ4n) is 2.99. The number of hydrogen-bond acceptors (Lipinski definition) is 2. The van der Waals surface area contributed by atoms with Crippen molar-refractivity contribution in [3.63, 3.8) is 0 Å². The zero-order chi connectivity index (χ0) is 17.3. The zero-order valence-corrected chi connectivity index (χ0v) is 16.8. The maximum atomic E-state index is 5.80. The van der Waals surface area contributed by atoms with Crippen molar-refractivity contribution in [3.05, 3.63) is 35.9 Å². The average molecular weight is 338 g/mol. The normalized spacial score (nSPS) is 12.8. The molecule has 0 aliphatic rings. The summed E-state index contributed by atoms with van der Waals surface area (Å²) in [7, 11) is -0.0665. The Morgan fingerprint density at radius 2 is 1.26 bits per heavy atom. The predicted molar refractivity (Wildman–Crippen MR) is 103 cm³/mol. The molecule has 132 valence electrons. The molecule has 0 amide bonds. The van der Waals surface area contributed by atoms with Crippen molar-refractivity contribution < 1.29 is 9.47 Å². The van der Waals surface area contributed by atoms with Crippen LogP contribution in [0.4, 0.5) is 0 Å². The lowest BCUT2D eigenvalue weighted by Crippen LogP contribution is -2.28. The number of rotatable bonds is 9. The van der Waals surface area contributed by atoms with Gasteiger partial charge in [-0.1, -0.05) is 79.8 Å². The van der Waals surface area contributed by atoms with Gasteiger partial charge in [0.15, 0.2) is 0 Å². The van der Waals surface area contributed by atoms with Gasteiger partial charge in [-0.25, -0.2) is 0 Å². The molecule has 0 aromatic heterocycles. The smallest absolute Gasteiger partial charge is 0.0700 e. The number of benzene rings is 1. The molecular formula is C20H35O2P. The summed E-state index contributed by atoms with van der Waals surface area (Å²) in [4.78, 5) is 0. The van der Waals surface area contributed by atoms with Crippen LogP contribution in [0.3, 0.4) is 0 Å². The van der Waals surface area contributed by atoms with Crippen LogP contribution in [0, 0.1) is 0 Å². The van der Waals surface area contributed by atoms with Crippen molar-refractivity contribution in [3.8, 4) is 0 Å². The Morgan fingerprint density at radius 1 is 0.739 bits per heavy atom. The van der Waals surface area contributed by atoms with E-state index in [0.717, 1.165) is 19.6 Å². The minimum Gasteiger partial charge on any atom is -0.379 e. The molecule has 0 aliphatic heterocycles. The topological polar surface area (TPSA) is 18.5 Å². The third-order valence-corrected chi connectivity index (χ3v) is 7.70. The van der Waals surface area contributed by atoms with Crippen LogP contribution < -0.4 is 0 Å². The first kappa shape index (κ1) is 20.6. The molecule has 0 saturated carbocycles. The molecule has 0 saturated heterocycles. The van der Waals surface area contributed by atoms with Crippen molar-refractivity contribution in [2.45, 2.75) is 58.3 Å². The molecule has 23 heavy (non-hydrogen) atoms. The van der Waals surface area contributed by atoms with Crippen molar-refractivity contribution in [2.75, 3.05) is 32.6 Å². The van der Waals surface area contributed by atoms with E-state index in [1.165, 1.54) is 11.7 Å². The summed E-state index contributed by atoms with van der Waals surface area (Å²) in [5, 5.41) is 0.756. The third kappa shape index (κ3) is 8.84. The highest BCUT2D eigenvalue weighted by Crippen LogP contribution is 2.58. The van der Waals surface area contributed by atoms with Gasteiger partial charge in [0.2, 0.25) is 0 Å². The highest BCUT2D eigenvalue weighted by atomic mass is 31.1. The Hall–Kier alpha value is -0.430. The zero-order valence-electron chi connectivity index (χ0n) is 15.9. The van der Waals surface area contributed by atoms with Crippen LogP contribution in [0.25, 0.3) is 0 Å². The molecule has 3 heteroatoms. The number of ether oxygens (including phenoxy) is 2. The highest BCUT2D eigenvalue weighted by Gasteiger charge is 2.33. The molecule has 2 nitrogen and oxygen atoms in total. The second-order valence-electron chi connectivity index (χ2n) is 7.95. The largest absolute Gasteiger partial charge is 0.379 e. The third-order valence-electron chi connectivity index (χ3n) is 3.83. The lowest BCUT2D eigenvalue weighted by atomic mass is 10.2. The summed E-state index contributed by atoms with van der Waals surface area (Å²) < 4.78 is 11.5. The first-order valence-electron chi connectivity index (χ1n) is 8.68. The van der Waals surface area contributed by atoms with E-state index >= 15 is 0 Å². The minimum atomic E-state index is -0.0665. The monoisotopic (exact) mass is 338 g/mol. The predicted octanol–water partition coefficient (Wildman–Crippen LogP) is 5.34. The van der Waals surface area contributed by atoms with Gasteiger partial charge in [-0.3, -0.25) is 0 Å². The summed E-state index contributed by atoms with van der Waals surface area (Å²) in [5.41, 5.74) is 1.33. The molecule has 1 aromatic rings. The lowest BCUT2D eigenvalue weighted by molar-refractivity contribution is 0.0547. The van der Waals surface area contributed by atoms with E-state index in [1.807, 2.05) is 6.07 Å². The Balaban J connectivity index is 2.10. The van der Waals surface area contributed by atoms with Gasteiger partial charge in [-0.05, 0) is 28.5 Å². The molecule has 0 bridgehead atoms. The highest BCUT2D eigenvalue weighted by molar-refractivity contribution is 7.60. The molecule has 0 heterocycles. The summed E-state index contributed by atoms with van der Waals surface area (Å²) in [6.45, 7) is 17.2. The van der Waals surface area contributed by atoms with Gasteiger partial charge < -0.3 is 9.47 Å². The van der Waals surface area contributed by atoms with Crippen LogP contribution in [-0.4, -0.2) is 42.9 Å². The second-order valence-corrected chi connectivity index (χ2v) is 11.9.